The van der Waals surface area contributed by atoms with Crippen LogP contribution in [0.5, 0.6) is 0 Å². The van der Waals surface area contributed by atoms with Gasteiger partial charge in [-0.3, -0.25) is 14.9 Å². The smallest absolute Gasteiger partial charge is 0.234 e. The van der Waals surface area contributed by atoms with Gasteiger partial charge in [0.05, 0.1) is 12.6 Å². The highest BCUT2D eigenvalue weighted by Crippen LogP contribution is 1.79. The molecule has 0 aromatic heterocycles. The standard InChI is InChI=1S/C8H17N3O2/c1-5(2)11-7(12)4-10-6(3)8(9)13/h5-6,10H,4H2,1-3H3,(H2,9,13)(H,11,12). The van der Waals surface area contributed by atoms with Crippen molar-refractivity contribution >= 4 is 11.8 Å². The molecule has 0 aliphatic heterocycles. The summed E-state index contributed by atoms with van der Waals surface area (Å²) in [5, 5.41) is 5.38. The Morgan fingerprint density at radius 1 is 1.31 bits per heavy atom. The topological polar surface area (TPSA) is 84.2 Å². The highest BCUT2D eigenvalue weighted by molar-refractivity contribution is 5.82. The fourth-order valence-corrected chi connectivity index (χ4v) is 0.719. The maximum Gasteiger partial charge on any atom is 0.234 e. The molecule has 0 aromatic carbocycles. The van der Waals surface area contributed by atoms with Crippen molar-refractivity contribution in [3.05, 3.63) is 0 Å². The molecule has 0 saturated carbocycles. The van der Waals surface area contributed by atoms with Gasteiger partial charge in [-0.05, 0) is 20.8 Å². The van der Waals surface area contributed by atoms with Crippen molar-refractivity contribution in [2.45, 2.75) is 32.9 Å². The van der Waals surface area contributed by atoms with Gasteiger partial charge in [-0.1, -0.05) is 0 Å². The molecule has 5 nitrogen and oxygen atoms in total. The molecule has 0 bridgehead atoms. The van der Waals surface area contributed by atoms with Crippen molar-refractivity contribution in [3.63, 3.8) is 0 Å². The maximum atomic E-state index is 11.1. The minimum absolute atomic E-state index is 0.109. The van der Waals surface area contributed by atoms with Crippen LogP contribution in [0.2, 0.25) is 0 Å². The van der Waals surface area contributed by atoms with Crippen LogP contribution in [0.3, 0.4) is 0 Å². The van der Waals surface area contributed by atoms with Crippen molar-refractivity contribution in [2.24, 2.45) is 5.73 Å². The molecule has 1 unspecified atom stereocenters. The Hall–Kier alpha value is -1.10. The predicted molar refractivity (Wildman–Crippen MR) is 49.9 cm³/mol. The third-order valence-corrected chi connectivity index (χ3v) is 1.45. The normalized spacial score (nSPS) is 12.6. The lowest BCUT2D eigenvalue weighted by Crippen LogP contribution is -2.45. The van der Waals surface area contributed by atoms with E-state index in [-0.39, 0.29) is 18.5 Å². The number of rotatable bonds is 5. The highest BCUT2D eigenvalue weighted by Gasteiger charge is 2.09. The summed E-state index contributed by atoms with van der Waals surface area (Å²) in [5.74, 6) is -0.597. The minimum Gasteiger partial charge on any atom is -0.368 e. The fraction of sp³-hybridized carbons (Fsp3) is 0.750. The third-order valence-electron chi connectivity index (χ3n) is 1.45. The van der Waals surface area contributed by atoms with E-state index in [1.807, 2.05) is 13.8 Å². The quantitative estimate of drug-likeness (QED) is 0.515. The predicted octanol–water partition coefficient (Wildman–Crippen LogP) is -1.03. The Kier molecular flexibility index (Phi) is 5.06. The monoisotopic (exact) mass is 187 g/mol. The number of hydrogen-bond acceptors (Lipinski definition) is 3. The van der Waals surface area contributed by atoms with Gasteiger partial charge in [0, 0.05) is 6.04 Å². The average Bonchev–Trinajstić information content (AvgIpc) is 1.98. The van der Waals surface area contributed by atoms with E-state index in [4.69, 9.17) is 5.73 Å². The van der Waals surface area contributed by atoms with Gasteiger partial charge in [0.2, 0.25) is 11.8 Å². The Bertz CT molecular complexity index is 192. The molecule has 0 aliphatic rings. The van der Waals surface area contributed by atoms with E-state index in [1.54, 1.807) is 6.92 Å². The molecule has 0 fully saturated rings. The molecule has 0 aromatic rings. The molecular weight excluding hydrogens is 170 g/mol. The summed E-state index contributed by atoms with van der Waals surface area (Å²) in [6.45, 7) is 5.47. The van der Waals surface area contributed by atoms with Gasteiger partial charge < -0.3 is 11.1 Å². The van der Waals surface area contributed by atoms with E-state index in [1.165, 1.54) is 0 Å². The van der Waals surface area contributed by atoms with Crippen LogP contribution in [0.15, 0.2) is 0 Å². The van der Waals surface area contributed by atoms with E-state index in [2.05, 4.69) is 10.6 Å². The summed E-state index contributed by atoms with van der Waals surface area (Å²) < 4.78 is 0. The zero-order valence-corrected chi connectivity index (χ0v) is 8.26. The number of primary amides is 1. The summed E-state index contributed by atoms with van der Waals surface area (Å²) in [6, 6.07) is -0.365. The average molecular weight is 187 g/mol. The van der Waals surface area contributed by atoms with Gasteiger partial charge in [-0.15, -0.1) is 0 Å². The molecule has 76 valence electrons. The highest BCUT2D eigenvalue weighted by atomic mass is 16.2. The Morgan fingerprint density at radius 3 is 2.23 bits per heavy atom. The van der Waals surface area contributed by atoms with Crippen LogP contribution in [-0.4, -0.2) is 30.4 Å². The van der Waals surface area contributed by atoms with Crippen LogP contribution in [0, 0.1) is 0 Å². The lowest BCUT2D eigenvalue weighted by atomic mass is 10.3. The maximum absolute atomic E-state index is 11.1. The van der Waals surface area contributed by atoms with Crippen LogP contribution in [0.25, 0.3) is 0 Å². The summed E-state index contributed by atoms with van der Waals surface area (Å²) in [5.41, 5.74) is 4.99. The molecule has 0 heterocycles. The Morgan fingerprint density at radius 2 is 1.85 bits per heavy atom. The number of hydrogen-bond donors (Lipinski definition) is 3. The molecule has 0 rings (SSSR count). The first-order chi connectivity index (χ1) is 5.93. The lowest BCUT2D eigenvalue weighted by molar-refractivity contribution is -0.121. The van der Waals surface area contributed by atoms with Gasteiger partial charge in [0.1, 0.15) is 0 Å². The first-order valence-electron chi connectivity index (χ1n) is 4.25. The number of amides is 2. The first kappa shape index (κ1) is 11.9. The van der Waals surface area contributed by atoms with E-state index >= 15 is 0 Å². The Balaban J connectivity index is 3.64. The molecule has 0 radical (unpaired) electrons. The molecule has 2 amide bonds. The second kappa shape index (κ2) is 5.53. The Labute approximate surface area is 78.1 Å². The van der Waals surface area contributed by atoms with E-state index in [0.717, 1.165) is 0 Å². The van der Waals surface area contributed by atoms with Crippen molar-refractivity contribution < 1.29 is 9.59 Å². The van der Waals surface area contributed by atoms with Crippen LogP contribution in [-0.2, 0) is 9.59 Å². The summed E-state index contributed by atoms with van der Waals surface area (Å²) in [4.78, 5) is 21.6. The summed E-state index contributed by atoms with van der Waals surface area (Å²) in [6.07, 6.45) is 0. The van der Waals surface area contributed by atoms with Crippen LogP contribution < -0.4 is 16.4 Å². The first-order valence-corrected chi connectivity index (χ1v) is 4.25. The zero-order valence-electron chi connectivity index (χ0n) is 8.26. The second-order valence-corrected chi connectivity index (χ2v) is 3.23. The third kappa shape index (κ3) is 6.10. The van der Waals surface area contributed by atoms with E-state index in [9.17, 15) is 9.59 Å². The zero-order chi connectivity index (χ0) is 10.4. The molecule has 0 spiro atoms. The molecule has 5 heteroatoms. The molecule has 1 atom stereocenters. The van der Waals surface area contributed by atoms with Gasteiger partial charge >= 0.3 is 0 Å². The number of carbonyl (C=O) groups is 2. The van der Waals surface area contributed by atoms with Gasteiger partial charge in [-0.2, -0.15) is 0 Å². The molecule has 4 N–H and O–H groups in total. The van der Waals surface area contributed by atoms with Gasteiger partial charge in [-0.25, -0.2) is 0 Å². The second-order valence-electron chi connectivity index (χ2n) is 3.23. The molecular formula is C8H17N3O2. The van der Waals surface area contributed by atoms with Crippen molar-refractivity contribution in [1.29, 1.82) is 0 Å². The van der Waals surface area contributed by atoms with Crippen LogP contribution in [0.1, 0.15) is 20.8 Å². The SMILES string of the molecule is CC(C)NC(=O)CNC(C)C(N)=O. The largest absolute Gasteiger partial charge is 0.368 e. The summed E-state index contributed by atoms with van der Waals surface area (Å²) in [7, 11) is 0. The van der Waals surface area contributed by atoms with E-state index in [0.29, 0.717) is 0 Å². The van der Waals surface area contributed by atoms with Crippen LogP contribution >= 0.6 is 0 Å². The van der Waals surface area contributed by atoms with Crippen molar-refractivity contribution in [2.75, 3.05) is 6.54 Å². The fourth-order valence-electron chi connectivity index (χ4n) is 0.719. The number of carbonyl (C=O) groups excluding carboxylic acids is 2. The molecule has 0 saturated heterocycles. The summed E-state index contributed by atoms with van der Waals surface area (Å²) >= 11 is 0. The molecule has 0 aliphatic carbocycles. The van der Waals surface area contributed by atoms with Gasteiger partial charge in [0.15, 0.2) is 0 Å². The van der Waals surface area contributed by atoms with Crippen molar-refractivity contribution in [3.8, 4) is 0 Å². The number of nitrogens with one attached hydrogen (secondary N) is 2. The number of nitrogens with two attached hydrogens (primary N) is 1. The van der Waals surface area contributed by atoms with Gasteiger partial charge in [0.25, 0.3) is 0 Å². The van der Waals surface area contributed by atoms with E-state index < -0.39 is 11.9 Å². The van der Waals surface area contributed by atoms with Crippen LogP contribution in [0.4, 0.5) is 0 Å². The lowest BCUT2D eigenvalue weighted by Gasteiger charge is -2.11. The molecule has 13 heavy (non-hydrogen) atoms. The minimum atomic E-state index is -0.474. The van der Waals surface area contributed by atoms with Crippen molar-refractivity contribution in [1.82, 2.24) is 10.6 Å².